The average molecular weight is 388 g/mol. The van der Waals surface area contributed by atoms with E-state index in [0.717, 1.165) is 5.75 Å². The Bertz CT molecular complexity index is 870. The molecule has 5 nitrogen and oxygen atoms in total. The van der Waals surface area contributed by atoms with Gasteiger partial charge in [-0.25, -0.2) is 0 Å². The number of aromatic nitrogens is 2. The van der Waals surface area contributed by atoms with Crippen LogP contribution in [0.3, 0.4) is 0 Å². The number of benzene rings is 2. The zero-order valence-electron chi connectivity index (χ0n) is 14.2. The number of amides is 1. The third kappa shape index (κ3) is 4.86. The highest BCUT2D eigenvalue weighted by molar-refractivity contribution is 7.99. The summed E-state index contributed by atoms with van der Waals surface area (Å²) in [5, 5.41) is 7.12. The Kier molecular flexibility index (Phi) is 6.30. The van der Waals surface area contributed by atoms with Crippen LogP contribution in [0.5, 0.6) is 0 Å². The normalized spacial score (nSPS) is 11.9. The summed E-state index contributed by atoms with van der Waals surface area (Å²) < 4.78 is 5.19. The first kappa shape index (κ1) is 18.5. The molecular formula is C19H18ClN3O2S. The maximum Gasteiger partial charge on any atom is 0.246 e. The fourth-order valence-corrected chi connectivity index (χ4v) is 3.35. The van der Waals surface area contributed by atoms with E-state index in [1.807, 2.05) is 55.5 Å². The number of halogens is 1. The van der Waals surface area contributed by atoms with E-state index in [0.29, 0.717) is 22.3 Å². The smallest absolute Gasteiger partial charge is 0.246 e. The van der Waals surface area contributed by atoms with Crippen molar-refractivity contribution < 1.29 is 9.32 Å². The van der Waals surface area contributed by atoms with Gasteiger partial charge in [-0.05, 0) is 24.6 Å². The molecule has 0 aliphatic rings. The van der Waals surface area contributed by atoms with E-state index < -0.39 is 0 Å². The van der Waals surface area contributed by atoms with Crippen LogP contribution in [0.2, 0.25) is 5.02 Å². The fraction of sp³-hybridized carbons (Fsp3) is 0.211. The Hall–Kier alpha value is -2.31. The Morgan fingerprint density at radius 1 is 1.19 bits per heavy atom. The predicted octanol–water partition coefficient (Wildman–Crippen LogP) is 4.33. The summed E-state index contributed by atoms with van der Waals surface area (Å²) in [5.74, 6) is 1.47. The van der Waals surface area contributed by atoms with Gasteiger partial charge >= 0.3 is 0 Å². The van der Waals surface area contributed by atoms with Crippen molar-refractivity contribution in [2.24, 2.45) is 0 Å². The minimum absolute atomic E-state index is 0.0663. The second kappa shape index (κ2) is 8.87. The third-order valence-corrected chi connectivity index (χ3v) is 5.25. The summed E-state index contributed by atoms with van der Waals surface area (Å²) in [6.45, 7) is 2.07. The van der Waals surface area contributed by atoms with Crippen LogP contribution >= 0.6 is 23.4 Å². The van der Waals surface area contributed by atoms with Crippen molar-refractivity contribution in [3.05, 3.63) is 71.1 Å². The van der Waals surface area contributed by atoms with E-state index in [9.17, 15) is 4.79 Å². The topological polar surface area (TPSA) is 68.0 Å². The molecule has 0 saturated heterocycles. The number of nitrogens with one attached hydrogen (secondary N) is 1. The van der Waals surface area contributed by atoms with E-state index in [2.05, 4.69) is 15.5 Å². The van der Waals surface area contributed by atoms with Gasteiger partial charge in [0.25, 0.3) is 0 Å². The van der Waals surface area contributed by atoms with Crippen LogP contribution in [-0.4, -0.2) is 21.3 Å². The lowest BCUT2D eigenvalue weighted by Crippen LogP contribution is -2.30. The molecule has 1 amide bonds. The predicted molar refractivity (Wildman–Crippen MR) is 104 cm³/mol. The van der Waals surface area contributed by atoms with Gasteiger partial charge in [0.15, 0.2) is 0 Å². The first-order valence-corrected chi connectivity index (χ1v) is 9.57. The number of nitrogens with zero attached hydrogens (tertiary/aromatic N) is 2. The molecule has 3 aromatic rings. The minimum Gasteiger partial charge on any atom is -0.346 e. The molecule has 1 aromatic heterocycles. The van der Waals surface area contributed by atoms with Crippen molar-refractivity contribution >= 4 is 29.3 Å². The van der Waals surface area contributed by atoms with Gasteiger partial charge in [0.2, 0.25) is 17.6 Å². The number of thioether (sulfide) groups is 1. The van der Waals surface area contributed by atoms with E-state index in [-0.39, 0.29) is 17.7 Å². The molecule has 2 aromatic carbocycles. The number of carbonyl (C=O) groups is 1. The Morgan fingerprint density at radius 3 is 2.69 bits per heavy atom. The quantitative estimate of drug-likeness (QED) is 0.653. The average Bonchev–Trinajstić information content (AvgIpc) is 3.14. The highest BCUT2D eigenvalue weighted by atomic mass is 35.5. The number of hydrogen-bond donors (Lipinski definition) is 1. The van der Waals surface area contributed by atoms with Gasteiger partial charge in [0.1, 0.15) is 0 Å². The highest BCUT2D eigenvalue weighted by Gasteiger charge is 2.16. The highest BCUT2D eigenvalue weighted by Crippen LogP contribution is 2.24. The van der Waals surface area contributed by atoms with Gasteiger partial charge < -0.3 is 9.84 Å². The zero-order valence-corrected chi connectivity index (χ0v) is 15.8. The summed E-state index contributed by atoms with van der Waals surface area (Å²) in [5.41, 5.74) is 1.89. The van der Waals surface area contributed by atoms with Crippen molar-refractivity contribution in [2.45, 2.75) is 24.5 Å². The van der Waals surface area contributed by atoms with E-state index in [1.54, 1.807) is 17.8 Å². The first-order valence-electron chi connectivity index (χ1n) is 8.14. The maximum absolute atomic E-state index is 12.2. The molecule has 0 unspecified atom stereocenters. The third-order valence-electron chi connectivity index (χ3n) is 3.71. The van der Waals surface area contributed by atoms with Crippen molar-refractivity contribution in [1.82, 2.24) is 15.5 Å². The van der Waals surface area contributed by atoms with Gasteiger partial charge in [0.05, 0.1) is 16.8 Å². The molecule has 0 fully saturated rings. The van der Waals surface area contributed by atoms with Crippen LogP contribution < -0.4 is 5.32 Å². The zero-order chi connectivity index (χ0) is 18.4. The molecule has 134 valence electrons. The van der Waals surface area contributed by atoms with E-state index in [1.165, 1.54) is 5.56 Å². The van der Waals surface area contributed by atoms with Gasteiger partial charge in [-0.1, -0.05) is 59.2 Å². The number of rotatable bonds is 7. The standard InChI is InChI=1S/C19H18ClN3O2S/c1-13(26-12-14-7-3-2-4-8-14)19(24)21-11-17-22-18(23-25-17)15-9-5-6-10-16(15)20/h2-10,13H,11-12H2,1H3,(H,21,24)/t13-/m0/s1. The molecule has 3 rings (SSSR count). The van der Waals surface area contributed by atoms with Gasteiger partial charge in [-0.15, -0.1) is 11.8 Å². The molecule has 0 radical (unpaired) electrons. The molecule has 1 N–H and O–H groups in total. The molecule has 7 heteroatoms. The molecule has 1 atom stereocenters. The van der Waals surface area contributed by atoms with Gasteiger partial charge in [-0.2, -0.15) is 4.98 Å². The lowest BCUT2D eigenvalue weighted by molar-refractivity contribution is -0.120. The van der Waals surface area contributed by atoms with Crippen LogP contribution in [0.25, 0.3) is 11.4 Å². The van der Waals surface area contributed by atoms with Crippen molar-refractivity contribution in [2.75, 3.05) is 0 Å². The molecule has 0 aliphatic heterocycles. The molecule has 0 saturated carbocycles. The Morgan fingerprint density at radius 2 is 1.92 bits per heavy atom. The Balaban J connectivity index is 1.51. The van der Waals surface area contributed by atoms with Gasteiger partial charge in [0, 0.05) is 11.3 Å². The minimum atomic E-state index is -0.179. The summed E-state index contributed by atoms with van der Waals surface area (Å²) in [4.78, 5) is 16.5. The first-order chi connectivity index (χ1) is 12.6. The van der Waals surface area contributed by atoms with Crippen molar-refractivity contribution in [3.8, 4) is 11.4 Å². The van der Waals surface area contributed by atoms with Crippen LogP contribution in [0.1, 0.15) is 18.4 Å². The van der Waals surface area contributed by atoms with Crippen LogP contribution in [0.4, 0.5) is 0 Å². The van der Waals surface area contributed by atoms with Crippen LogP contribution in [0, 0.1) is 0 Å². The second-order valence-corrected chi connectivity index (χ2v) is 7.38. The second-order valence-electron chi connectivity index (χ2n) is 5.65. The molecule has 0 bridgehead atoms. The van der Waals surface area contributed by atoms with Crippen molar-refractivity contribution in [1.29, 1.82) is 0 Å². The molecule has 0 aliphatic carbocycles. The summed E-state index contributed by atoms with van der Waals surface area (Å²) in [7, 11) is 0. The number of hydrogen-bond acceptors (Lipinski definition) is 5. The fourth-order valence-electron chi connectivity index (χ4n) is 2.26. The lowest BCUT2D eigenvalue weighted by Gasteiger charge is -2.10. The molecule has 26 heavy (non-hydrogen) atoms. The van der Waals surface area contributed by atoms with Gasteiger partial charge in [-0.3, -0.25) is 4.79 Å². The van der Waals surface area contributed by atoms with E-state index >= 15 is 0 Å². The molecular weight excluding hydrogens is 370 g/mol. The maximum atomic E-state index is 12.2. The monoisotopic (exact) mass is 387 g/mol. The molecule has 0 spiro atoms. The summed E-state index contributed by atoms with van der Waals surface area (Å²) in [6.07, 6.45) is 0. The Labute approximate surface area is 161 Å². The van der Waals surface area contributed by atoms with E-state index in [4.69, 9.17) is 16.1 Å². The van der Waals surface area contributed by atoms with Crippen molar-refractivity contribution in [3.63, 3.8) is 0 Å². The molecule has 1 heterocycles. The SMILES string of the molecule is C[C@H](SCc1ccccc1)C(=O)NCc1nc(-c2ccccc2Cl)no1. The van der Waals surface area contributed by atoms with Crippen LogP contribution in [-0.2, 0) is 17.1 Å². The number of carbonyl (C=O) groups excluding carboxylic acids is 1. The summed E-state index contributed by atoms with van der Waals surface area (Å²) in [6, 6.07) is 17.3. The summed E-state index contributed by atoms with van der Waals surface area (Å²) >= 11 is 7.71. The van der Waals surface area contributed by atoms with Crippen LogP contribution in [0.15, 0.2) is 59.1 Å². The largest absolute Gasteiger partial charge is 0.346 e. The lowest BCUT2D eigenvalue weighted by atomic mass is 10.2.